The number of amides is 2. The highest BCUT2D eigenvalue weighted by Gasteiger charge is 2.24. The van der Waals surface area contributed by atoms with E-state index in [2.05, 4.69) is 5.32 Å². The van der Waals surface area contributed by atoms with Crippen molar-refractivity contribution in [1.29, 1.82) is 0 Å². The number of anilines is 1. The zero-order chi connectivity index (χ0) is 27.4. The quantitative estimate of drug-likeness (QED) is 0.268. The highest BCUT2D eigenvalue weighted by atomic mass is 35.5. The molecule has 0 aliphatic rings. The summed E-state index contributed by atoms with van der Waals surface area (Å²) < 4.78 is 1.63. The number of rotatable bonds is 7. The van der Waals surface area contributed by atoms with Gasteiger partial charge in [0.1, 0.15) is 12.4 Å². The summed E-state index contributed by atoms with van der Waals surface area (Å²) in [6.45, 7) is 8.25. The molecule has 4 aromatic rings. The van der Waals surface area contributed by atoms with E-state index in [-0.39, 0.29) is 23.8 Å². The van der Waals surface area contributed by atoms with Gasteiger partial charge < -0.3 is 10.2 Å². The van der Waals surface area contributed by atoms with E-state index in [0.29, 0.717) is 33.7 Å². The summed E-state index contributed by atoms with van der Waals surface area (Å²) in [6.07, 6.45) is 0. The number of nitrogens with one attached hydrogen (secondary N) is 1. The van der Waals surface area contributed by atoms with E-state index in [4.69, 9.17) is 28.3 Å². The molecule has 0 saturated carbocycles. The number of carbonyl (C=O) groups excluding carboxylic acids is 2. The van der Waals surface area contributed by atoms with Crippen LogP contribution in [-0.4, -0.2) is 33.0 Å². The van der Waals surface area contributed by atoms with E-state index in [0.717, 1.165) is 16.8 Å². The minimum atomic E-state index is -0.344. The molecule has 3 aromatic carbocycles. The lowest BCUT2D eigenvalue weighted by Gasteiger charge is -2.23. The SMILES string of the molecule is Cc1ccc(C(=O)N(CC(=O)Nc2cc(C(C)(C)C)nn2-c2ccc(Cl)c(Cl)c2)Cc2ccccc2)cc1. The molecule has 38 heavy (non-hydrogen) atoms. The molecule has 0 spiro atoms. The number of benzene rings is 3. The zero-order valence-corrected chi connectivity index (χ0v) is 23.3. The van der Waals surface area contributed by atoms with Gasteiger partial charge >= 0.3 is 0 Å². The predicted octanol–water partition coefficient (Wildman–Crippen LogP) is 7.07. The Hall–Kier alpha value is -3.61. The second kappa shape index (κ2) is 11.4. The molecule has 0 fully saturated rings. The van der Waals surface area contributed by atoms with Crippen molar-refractivity contribution in [3.63, 3.8) is 0 Å². The third-order valence-corrected chi connectivity index (χ3v) is 6.77. The average molecular weight is 550 g/mol. The van der Waals surface area contributed by atoms with Crippen LogP contribution < -0.4 is 5.32 Å². The topological polar surface area (TPSA) is 67.2 Å². The highest BCUT2D eigenvalue weighted by molar-refractivity contribution is 6.42. The van der Waals surface area contributed by atoms with Crippen molar-refractivity contribution in [1.82, 2.24) is 14.7 Å². The molecule has 0 bridgehead atoms. The van der Waals surface area contributed by atoms with E-state index >= 15 is 0 Å². The molecule has 196 valence electrons. The van der Waals surface area contributed by atoms with Crippen LogP contribution in [0, 0.1) is 6.92 Å². The van der Waals surface area contributed by atoms with E-state index < -0.39 is 0 Å². The molecule has 4 rings (SSSR count). The molecule has 1 heterocycles. The van der Waals surface area contributed by atoms with E-state index in [1.165, 1.54) is 0 Å². The first-order valence-corrected chi connectivity index (χ1v) is 13.0. The smallest absolute Gasteiger partial charge is 0.254 e. The van der Waals surface area contributed by atoms with Crippen LogP contribution in [0.5, 0.6) is 0 Å². The van der Waals surface area contributed by atoms with Gasteiger partial charge in [-0.05, 0) is 42.8 Å². The molecule has 0 radical (unpaired) electrons. The van der Waals surface area contributed by atoms with Crippen molar-refractivity contribution < 1.29 is 9.59 Å². The second-order valence-corrected chi connectivity index (χ2v) is 11.1. The Morgan fingerprint density at radius 1 is 0.921 bits per heavy atom. The molecule has 1 N–H and O–H groups in total. The number of halogens is 2. The summed E-state index contributed by atoms with van der Waals surface area (Å²) in [5.74, 6) is -0.0961. The predicted molar refractivity (Wildman–Crippen MR) is 153 cm³/mol. The highest BCUT2D eigenvalue weighted by Crippen LogP contribution is 2.29. The molecule has 0 saturated heterocycles. The van der Waals surface area contributed by atoms with Crippen LogP contribution in [0.2, 0.25) is 10.0 Å². The van der Waals surface area contributed by atoms with Crippen molar-refractivity contribution in [3.8, 4) is 5.69 Å². The van der Waals surface area contributed by atoms with Crippen LogP contribution in [0.15, 0.2) is 78.9 Å². The number of hydrogen-bond acceptors (Lipinski definition) is 3. The first-order chi connectivity index (χ1) is 18.0. The van der Waals surface area contributed by atoms with Crippen molar-refractivity contribution in [2.24, 2.45) is 0 Å². The normalized spacial score (nSPS) is 11.3. The Morgan fingerprint density at radius 2 is 1.61 bits per heavy atom. The fourth-order valence-corrected chi connectivity index (χ4v) is 4.18. The van der Waals surface area contributed by atoms with Crippen LogP contribution in [0.3, 0.4) is 0 Å². The van der Waals surface area contributed by atoms with Crippen molar-refractivity contribution in [2.75, 3.05) is 11.9 Å². The van der Waals surface area contributed by atoms with Gasteiger partial charge in [-0.1, -0.05) is 92.0 Å². The maximum Gasteiger partial charge on any atom is 0.254 e. The third kappa shape index (κ3) is 6.63. The molecule has 8 heteroatoms. The second-order valence-electron chi connectivity index (χ2n) is 10.2. The molecule has 1 aromatic heterocycles. The standard InChI is InChI=1S/C30H30Cl2N4O2/c1-20-10-12-22(13-11-20)29(38)35(18-21-8-6-5-7-9-21)19-28(37)33-27-17-26(30(2,3)4)34-36(27)23-14-15-24(31)25(32)16-23/h5-17H,18-19H2,1-4H3,(H,33,37). The van der Waals surface area contributed by atoms with Crippen molar-refractivity contribution >= 4 is 40.8 Å². The molecule has 0 atom stereocenters. The van der Waals surface area contributed by atoms with Gasteiger partial charge in [0.15, 0.2) is 0 Å². The molecule has 2 amide bonds. The molecule has 0 unspecified atom stereocenters. The molecular weight excluding hydrogens is 519 g/mol. The third-order valence-electron chi connectivity index (χ3n) is 6.03. The van der Waals surface area contributed by atoms with Gasteiger partial charge in [-0.3, -0.25) is 9.59 Å². The van der Waals surface area contributed by atoms with Crippen LogP contribution in [-0.2, 0) is 16.8 Å². The summed E-state index contributed by atoms with van der Waals surface area (Å²) in [4.78, 5) is 28.4. The van der Waals surface area contributed by atoms with Crippen molar-refractivity contribution in [3.05, 3.63) is 111 Å². The van der Waals surface area contributed by atoms with Gasteiger partial charge in [0.25, 0.3) is 5.91 Å². The van der Waals surface area contributed by atoms with E-state index in [1.54, 1.807) is 39.9 Å². The minimum Gasteiger partial charge on any atom is -0.325 e. The van der Waals surface area contributed by atoms with E-state index in [9.17, 15) is 9.59 Å². The lowest BCUT2D eigenvalue weighted by molar-refractivity contribution is -0.117. The van der Waals surface area contributed by atoms with Crippen LogP contribution >= 0.6 is 23.2 Å². The Labute approximate surface area is 233 Å². The van der Waals surface area contributed by atoms with Gasteiger partial charge in [0, 0.05) is 23.6 Å². The van der Waals surface area contributed by atoms with Crippen LogP contribution in [0.25, 0.3) is 5.69 Å². The number of hydrogen-bond donors (Lipinski definition) is 1. The maximum absolute atomic E-state index is 13.4. The minimum absolute atomic E-state index is 0.140. The van der Waals surface area contributed by atoms with Crippen LogP contribution in [0.1, 0.15) is 48.0 Å². The molecule has 0 aliphatic heterocycles. The van der Waals surface area contributed by atoms with Crippen LogP contribution in [0.4, 0.5) is 5.82 Å². The lowest BCUT2D eigenvalue weighted by atomic mass is 9.92. The molecule has 0 aliphatic carbocycles. The average Bonchev–Trinajstić information content (AvgIpc) is 3.30. The first kappa shape index (κ1) is 27.4. The monoisotopic (exact) mass is 548 g/mol. The summed E-state index contributed by atoms with van der Waals surface area (Å²) in [5.41, 5.74) is 3.69. The fourth-order valence-electron chi connectivity index (χ4n) is 3.89. The fraction of sp³-hybridized carbons (Fsp3) is 0.233. The largest absolute Gasteiger partial charge is 0.325 e. The first-order valence-electron chi connectivity index (χ1n) is 12.3. The van der Waals surface area contributed by atoms with Gasteiger partial charge in [-0.15, -0.1) is 0 Å². The number of nitrogens with zero attached hydrogens (tertiary/aromatic N) is 3. The summed E-state index contributed by atoms with van der Waals surface area (Å²) in [5, 5.41) is 8.50. The Bertz CT molecular complexity index is 1440. The Balaban J connectivity index is 1.63. The Morgan fingerprint density at radius 3 is 2.24 bits per heavy atom. The number of aryl methyl sites for hydroxylation is 1. The van der Waals surface area contributed by atoms with Gasteiger partial charge in [0.2, 0.25) is 5.91 Å². The zero-order valence-electron chi connectivity index (χ0n) is 21.8. The van der Waals surface area contributed by atoms with Gasteiger partial charge in [-0.2, -0.15) is 5.10 Å². The van der Waals surface area contributed by atoms with Gasteiger partial charge in [-0.25, -0.2) is 4.68 Å². The summed E-state index contributed by atoms with van der Waals surface area (Å²) in [6, 6.07) is 23.9. The van der Waals surface area contributed by atoms with E-state index in [1.807, 2.05) is 76.2 Å². The molecular formula is C30H30Cl2N4O2. The summed E-state index contributed by atoms with van der Waals surface area (Å²) >= 11 is 12.4. The molecule has 6 nitrogen and oxygen atoms in total. The number of carbonyl (C=O) groups is 2. The lowest BCUT2D eigenvalue weighted by Crippen LogP contribution is -2.37. The van der Waals surface area contributed by atoms with Crippen molar-refractivity contribution in [2.45, 2.75) is 39.7 Å². The van der Waals surface area contributed by atoms with Gasteiger partial charge in [0.05, 0.1) is 21.4 Å². The number of aromatic nitrogens is 2. The Kier molecular flexibility index (Phi) is 8.24. The summed E-state index contributed by atoms with van der Waals surface area (Å²) in [7, 11) is 0. The maximum atomic E-state index is 13.4.